The summed E-state index contributed by atoms with van der Waals surface area (Å²) in [5.41, 5.74) is 1.77. The van der Waals surface area contributed by atoms with Crippen molar-refractivity contribution in [2.24, 2.45) is 0 Å². The summed E-state index contributed by atoms with van der Waals surface area (Å²) in [6.45, 7) is 4.53. The van der Waals surface area contributed by atoms with Crippen LogP contribution in [0.15, 0.2) is 24.3 Å². The molecule has 2 N–H and O–H groups in total. The fraction of sp³-hybridized carbons (Fsp3) is 0.550. The van der Waals surface area contributed by atoms with Crippen molar-refractivity contribution >= 4 is 23.4 Å². The maximum absolute atomic E-state index is 12.3. The number of carbonyl (C=O) groups excluding carboxylic acids is 3. The number of amides is 3. The number of ether oxygens (including phenoxy) is 1. The maximum atomic E-state index is 12.3. The number of carbonyl (C=O) groups is 3. The van der Waals surface area contributed by atoms with Crippen LogP contribution in [-0.4, -0.2) is 56.0 Å². The molecule has 0 aliphatic heterocycles. The molecule has 1 aromatic rings. The number of rotatable bonds is 12. The van der Waals surface area contributed by atoms with Crippen LogP contribution in [0.4, 0.5) is 5.69 Å². The fourth-order valence-corrected chi connectivity index (χ4v) is 2.43. The molecule has 0 unspecified atom stereocenters. The average Bonchev–Trinajstić information content (AvgIpc) is 2.65. The minimum Gasteiger partial charge on any atom is -0.383 e. The predicted molar refractivity (Wildman–Crippen MR) is 105 cm³/mol. The molecule has 0 spiro atoms. The Labute approximate surface area is 161 Å². The Kier molecular flexibility index (Phi) is 10.8. The molecule has 0 aliphatic carbocycles. The third-order valence-electron chi connectivity index (χ3n) is 4.03. The Balaban J connectivity index is 2.43. The van der Waals surface area contributed by atoms with Crippen molar-refractivity contribution in [3.63, 3.8) is 0 Å². The summed E-state index contributed by atoms with van der Waals surface area (Å²) in [5, 5.41) is 5.27. The summed E-state index contributed by atoms with van der Waals surface area (Å²) in [5.74, 6) is -0.751. The van der Waals surface area contributed by atoms with Crippen molar-refractivity contribution in [2.45, 2.75) is 39.5 Å². The summed E-state index contributed by atoms with van der Waals surface area (Å²) in [7, 11) is 1.55. The van der Waals surface area contributed by atoms with E-state index in [0.29, 0.717) is 25.3 Å². The summed E-state index contributed by atoms with van der Waals surface area (Å²) in [4.78, 5) is 37.8. The number of hydrogen-bond donors (Lipinski definition) is 2. The van der Waals surface area contributed by atoms with Gasteiger partial charge in [0, 0.05) is 25.8 Å². The van der Waals surface area contributed by atoms with E-state index in [1.807, 2.05) is 19.1 Å². The van der Waals surface area contributed by atoms with E-state index in [1.165, 1.54) is 4.90 Å². The molecule has 0 fully saturated rings. The quantitative estimate of drug-likeness (QED) is 0.546. The first kappa shape index (κ1) is 22.6. The average molecular weight is 377 g/mol. The van der Waals surface area contributed by atoms with Gasteiger partial charge in [0.2, 0.25) is 17.7 Å². The van der Waals surface area contributed by atoms with Gasteiger partial charge in [-0.3, -0.25) is 14.4 Å². The second-order valence-electron chi connectivity index (χ2n) is 6.46. The van der Waals surface area contributed by atoms with Gasteiger partial charge in [-0.2, -0.15) is 0 Å². The summed E-state index contributed by atoms with van der Waals surface area (Å²) in [6.07, 6.45) is 3.23. The normalized spacial score (nSPS) is 10.3. The molecule has 1 aromatic carbocycles. The van der Waals surface area contributed by atoms with Crippen LogP contribution in [-0.2, 0) is 19.1 Å². The lowest BCUT2D eigenvalue weighted by molar-refractivity contribution is -0.136. The van der Waals surface area contributed by atoms with Crippen molar-refractivity contribution in [3.8, 4) is 0 Å². The first-order chi connectivity index (χ1) is 13.0. The van der Waals surface area contributed by atoms with E-state index in [0.717, 1.165) is 24.8 Å². The van der Waals surface area contributed by atoms with Gasteiger partial charge in [-0.05, 0) is 25.5 Å². The van der Waals surface area contributed by atoms with Crippen molar-refractivity contribution in [3.05, 3.63) is 29.8 Å². The van der Waals surface area contributed by atoms with Gasteiger partial charge in [0.25, 0.3) is 0 Å². The second-order valence-corrected chi connectivity index (χ2v) is 6.46. The molecule has 0 bridgehead atoms. The molecule has 0 radical (unpaired) electrons. The van der Waals surface area contributed by atoms with Crippen LogP contribution in [0.3, 0.4) is 0 Å². The third kappa shape index (κ3) is 9.75. The van der Waals surface area contributed by atoms with E-state index >= 15 is 0 Å². The number of unbranched alkanes of at least 4 members (excludes halogenated alkanes) is 2. The lowest BCUT2D eigenvalue weighted by Crippen LogP contribution is -2.44. The van der Waals surface area contributed by atoms with Gasteiger partial charge in [-0.25, -0.2) is 0 Å². The highest BCUT2D eigenvalue weighted by Gasteiger charge is 2.17. The number of nitrogens with one attached hydrogen (secondary N) is 2. The molecule has 0 heterocycles. The van der Waals surface area contributed by atoms with E-state index < -0.39 is 0 Å². The van der Waals surface area contributed by atoms with Gasteiger partial charge in [-0.15, -0.1) is 0 Å². The number of nitrogens with zero attached hydrogens (tertiary/aromatic N) is 1. The zero-order chi connectivity index (χ0) is 20.1. The number of anilines is 1. The van der Waals surface area contributed by atoms with Crippen LogP contribution in [0.5, 0.6) is 0 Å². The van der Waals surface area contributed by atoms with Crippen molar-refractivity contribution in [1.82, 2.24) is 10.2 Å². The standard InChI is InChI=1S/C20H31N3O4/c1-4-5-6-7-20(26)23(12-13-27-3)15-19(25)21-14-18(24)22-17-10-8-16(2)9-11-17/h8-11H,4-7,12-15H2,1-3H3,(H,21,25)(H,22,24). The Bertz CT molecular complexity index is 602. The van der Waals surface area contributed by atoms with Crippen LogP contribution in [0.2, 0.25) is 0 Å². The number of hydrogen-bond acceptors (Lipinski definition) is 4. The van der Waals surface area contributed by atoms with Crippen LogP contribution in [0.1, 0.15) is 38.2 Å². The number of aryl methyl sites for hydroxylation is 1. The number of benzene rings is 1. The molecule has 0 saturated carbocycles. The van der Waals surface area contributed by atoms with Crippen LogP contribution < -0.4 is 10.6 Å². The SMILES string of the molecule is CCCCCC(=O)N(CCOC)CC(=O)NCC(=O)Nc1ccc(C)cc1. The molecule has 0 aliphatic rings. The zero-order valence-electron chi connectivity index (χ0n) is 16.5. The Morgan fingerprint density at radius 3 is 2.41 bits per heavy atom. The molecule has 0 saturated heterocycles. The molecule has 7 heteroatoms. The lowest BCUT2D eigenvalue weighted by atomic mass is 10.2. The van der Waals surface area contributed by atoms with Gasteiger partial charge < -0.3 is 20.3 Å². The summed E-state index contributed by atoms with van der Waals surface area (Å²) in [6, 6.07) is 7.39. The van der Waals surface area contributed by atoms with Gasteiger partial charge in [0.1, 0.15) is 0 Å². The molecule has 0 aromatic heterocycles. The predicted octanol–water partition coefficient (Wildman–Crippen LogP) is 2.11. The van der Waals surface area contributed by atoms with Crippen molar-refractivity contribution in [1.29, 1.82) is 0 Å². The van der Waals surface area contributed by atoms with Gasteiger partial charge in [-0.1, -0.05) is 37.5 Å². The highest BCUT2D eigenvalue weighted by molar-refractivity contribution is 5.95. The molecule has 7 nitrogen and oxygen atoms in total. The highest BCUT2D eigenvalue weighted by Crippen LogP contribution is 2.08. The second kappa shape index (κ2) is 12.9. The molecular weight excluding hydrogens is 346 g/mol. The first-order valence-electron chi connectivity index (χ1n) is 9.36. The minimum absolute atomic E-state index is 0.0697. The maximum Gasteiger partial charge on any atom is 0.243 e. The van der Waals surface area contributed by atoms with E-state index in [2.05, 4.69) is 17.6 Å². The van der Waals surface area contributed by atoms with Crippen LogP contribution >= 0.6 is 0 Å². The van der Waals surface area contributed by atoms with E-state index in [-0.39, 0.29) is 30.8 Å². The molecule has 1 rings (SSSR count). The van der Waals surface area contributed by atoms with Crippen molar-refractivity contribution in [2.75, 3.05) is 38.7 Å². The van der Waals surface area contributed by atoms with E-state index in [9.17, 15) is 14.4 Å². The smallest absolute Gasteiger partial charge is 0.243 e. The zero-order valence-corrected chi connectivity index (χ0v) is 16.5. The van der Waals surface area contributed by atoms with Gasteiger partial charge in [0.05, 0.1) is 19.7 Å². The first-order valence-corrected chi connectivity index (χ1v) is 9.36. The largest absolute Gasteiger partial charge is 0.383 e. The lowest BCUT2D eigenvalue weighted by Gasteiger charge is -2.22. The topological polar surface area (TPSA) is 87.7 Å². The monoisotopic (exact) mass is 377 g/mol. The molecule has 3 amide bonds. The Morgan fingerprint density at radius 1 is 1.07 bits per heavy atom. The summed E-state index contributed by atoms with van der Waals surface area (Å²) < 4.78 is 5.01. The molecule has 27 heavy (non-hydrogen) atoms. The fourth-order valence-electron chi connectivity index (χ4n) is 2.43. The third-order valence-corrected chi connectivity index (χ3v) is 4.03. The van der Waals surface area contributed by atoms with Crippen LogP contribution in [0.25, 0.3) is 0 Å². The Hall–Kier alpha value is -2.41. The molecule has 150 valence electrons. The van der Waals surface area contributed by atoms with Gasteiger partial charge in [0.15, 0.2) is 0 Å². The molecular formula is C20H31N3O4. The number of methoxy groups -OCH3 is 1. The minimum atomic E-state index is -0.367. The van der Waals surface area contributed by atoms with E-state index in [4.69, 9.17) is 4.74 Å². The van der Waals surface area contributed by atoms with Crippen LogP contribution in [0, 0.1) is 6.92 Å². The molecule has 0 atom stereocenters. The van der Waals surface area contributed by atoms with Crippen molar-refractivity contribution < 1.29 is 19.1 Å². The summed E-state index contributed by atoms with van der Waals surface area (Å²) >= 11 is 0. The van der Waals surface area contributed by atoms with Gasteiger partial charge >= 0.3 is 0 Å². The Morgan fingerprint density at radius 2 is 1.78 bits per heavy atom. The van der Waals surface area contributed by atoms with E-state index in [1.54, 1.807) is 19.2 Å². The highest BCUT2D eigenvalue weighted by atomic mass is 16.5.